The number of ether oxygens (including phenoxy) is 1. The van der Waals surface area contributed by atoms with Crippen molar-refractivity contribution in [2.24, 2.45) is 0 Å². The maximum atomic E-state index is 5.36. The zero-order valence-corrected chi connectivity index (χ0v) is 9.72. The molecule has 1 aromatic rings. The molecule has 1 fully saturated rings. The Labute approximate surface area is 95.6 Å². The second-order valence-corrected chi connectivity index (χ2v) is 4.55. The molecule has 5 nitrogen and oxygen atoms in total. The second kappa shape index (κ2) is 4.07. The highest BCUT2D eigenvalue weighted by Crippen LogP contribution is 2.19. The molecule has 3 rings (SSSR count). The van der Waals surface area contributed by atoms with Gasteiger partial charge in [0, 0.05) is 32.2 Å². The summed E-state index contributed by atoms with van der Waals surface area (Å²) < 4.78 is 7.50. The van der Waals surface area contributed by atoms with Crippen LogP contribution in [-0.2, 0) is 17.8 Å². The fourth-order valence-electron chi connectivity index (χ4n) is 2.33. The van der Waals surface area contributed by atoms with E-state index in [-0.39, 0.29) is 0 Å². The SMILES string of the molecule is CN1CCn2nc(N3CCOCC3)cc2C1. The number of nitrogens with zero attached hydrogens (tertiary/aromatic N) is 4. The molecule has 3 heterocycles. The van der Waals surface area contributed by atoms with Crippen molar-refractivity contribution in [3.8, 4) is 0 Å². The minimum Gasteiger partial charge on any atom is -0.378 e. The Hall–Kier alpha value is -1.07. The maximum Gasteiger partial charge on any atom is 0.151 e. The molecule has 0 aliphatic carbocycles. The normalized spacial score (nSPS) is 22.2. The topological polar surface area (TPSA) is 33.5 Å². The molecule has 0 spiro atoms. The average Bonchev–Trinajstić information content (AvgIpc) is 2.73. The number of likely N-dealkylation sites (N-methyl/N-ethyl adjacent to an activating group) is 1. The van der Waals surface area contributed by atoms with E-state index in [0.717, 1.165) is 51.8 Å². The lowest BCUT2D eigenvalue weighted by Crippen LogP contribution is -2.36. The number of hydrogen-bond donors (Lipinski definition) is 0. The molecule has 0 amide bonds. The number of anilines is 1. The predicted octanol–water partition coefficient (Wildman–Crippen LogP) is 0.165. The highest BCUT2D eigenvalue weighted by molar-refractivity contribution is 5.40. The van der Waals surface area contributed by atoms with Crippen LogP contribution < -0.4 is 4.90 Å². The Bertz CT molecular complexity index is 370. The summed E-state index contributed by atoms with van der Waals surface area (Å²) in [5.74, 6) is 1.12. The van der Waals surface area contributed by atoms with E-state index in [1.54, 1.807) is 0 Å². The van der Waals surface area contributed by atoms with Gasteiger partial charge in [0.05, 0.1) is 25.5 Å². The second-order valence-electron chi connectivity index (χ2n) is 4.55. The summed E-state index contributed by atoms with van der Waals surface area (Å²) in [5.41, 5.74) is 1.33. The Morgan fingerprint density at radius 2 is 2.00 bits per heavy atom. The third-order valence-corrected chi connectivity index (χ3v) is 3.31. The standard InChI is InChI=1S/C11H18N4O/c1-13-2-3-15-10(9-13)8-11(12-15)14-4-6-16-7-5-14/h8H,2-7,9H2,1H3. The van der Waals surface area contributed by atoms with Crippen LogP contribution in [-0.4, -0.2) is 54.6 Å². The maximum absolute atomic E-state index is 5.36. The lowest BCUT2D eigenvalue weighted by Gasteiger charge is -2.26. The molecule has 2 aliphatic heterocycles. The van der Waals surface area contributed by atoms with Gasteiger partial charge >= 0.3 is 0 Å². The van der Waals surface area contributed by atoms with Gasteiger partial charge in [-0.15, -0.1) is 0 Å². The van der Waals surface area contributed by atoms with Gasteiger partial charge in [-0.2, -0.15) is 5.10 Å². The van der Waals surface area contributed by atoms with E-state index in [0.29, 0.717) is 0 Å². The first-order valence-corrected chi connectivity index (χ1v) is 5.91. The first kappa shape index (κ1) is 10.1. The van der Waals surface area contributed by atoms with Crippen LogP contribution in [0.3, 0.4) is 0 Å². The zero-order chi connectivity index (χ0) is 11.0. The zero-order valence-electron chi connectivity index (χ0n) is 9.72. The van der Waals surface area contributed by atoms with Gasteiger partial charge in [0.25, 0.3) is 0 Å². The highest BCUT2D eigenvalue weighted by atomic mass is 16.5. The summed E-state index contributed by atoms with van der Waals surface area (Å²) in [6.45, 7) is 6.69. The van der Waals surface area contributed by atoms with Gasteiger partial charge in [-0.25, -0.2) is 0 Å². The molecule has 0 aromatic carbocycles. The fraction of sp³-hybridized carbons (Fsp3) is 0.727. The summed E-state index contributed by atoms with van der Waals surface area (Å²) in [7, 11) is 2.16. The van der Waals surface area contributed by atoms with Crippen molar-refractivity contribution < 1.29 is 4.74 Å². The molecular formula is C11H18N4O. The van der Waals surface area contributed by atoms with Gasteiger partial charge in [0.15, 0.2) is 5.82 Å². The molecule has 0 saturated carbocycles. The summed E-state index contributed by atoms with van der Waals surface area (Å²) >= 11 is 0. The van der Waals surface area contributed by atoms with Crippen LogP contribution in [0.25, 0.3) is 0 Å². The van der Waals surface area contributed by atoms with Crippen LogP contribution in [0.2, 0.25) is 0 Å². The van der Waals surface area contributed by atoms with E-state index in [2.05, 4.69) is 32.7 Å². The number of hydrogen-bond acceptors (Lipinski definition) is 4. The molecule has 2 aliphatic rings. The molecule has 1 aromatic heterocycles. The van der Waals surface area contributed by atoms with Gasteiger partial charge in [0.2, 0.25) is 0 Å². The van der Waals surface area contributed by atoms with Gasteiger partial charge in [0.1, 0.15) is 0 Å². The van der Waals surface area contributed by atoms with E-state index in [9.17, 15) is 0 Å². The van der Waals surface area contributed by atoms with Crippen molar-refractivity contribution in [1.29, 1.82) is 0 Å². The Morgan fingerprint density at radius 3 is 2.81 bits per heavy atom. The van der Waals surface area contributed by atoms with Crippen molar-refractivity contribution in [2.75, 3.05) is 44.8 Å². The molecule has 16 heavy (non-hydrogen) atoms. The van der Waals surface area contributed by atoms with Crippen LogP contribution in [0.4, 0.5) is 5.82 Å². The predicted molar refractivity (Wildman–Crippen MR) is 61.6 cm³/mol. The average molecular weight is 222 g/mol. The molecular weight excluding hydrogens is 204 g/mol. The van der Waals surface area contributed by atoms with Crippen LogP contribution in [0.1, 0.15) is 5.69 Å². The van der Waals surface area contributed by atoms with E-state index in [1.807, 2.05) is 0 Å². The first-order chi connectivity index (χ1) is 7.83. The lowest BCUT2D eigenvalue weighted by molar-refractivity contribution is 0.122. The minimum atomic E-state index is 0.822. The highest BCUT2D eigenvalue weighted by Gasteiger charge is 2.19. The van der Waals surface area contributed by atoms with Gasteiger partial charge < -0.3 is 9.64 Å². The largest absolute Gasteiger partial charge is 0.378 e. The van der Waals surface area contributed by atoms with Gasteiger partial charge in [-0.05, 0) is 7.05 Å². The van der Waals surface area contributed by atoms with Gasteiger partial charge in [-0.1, -0.05) is 0 Å². The molecule has 88 valence electrons. The van der Waals surface area contributed by atoms with Crippen molar-refractivity contribution in [3.05, 3.63) is 11.8 Å². The molecule has 0 atom stereocenters. The van der Waals surface area contributed by atoms with Gasteiger partial charge in [-0.3, -0.25) is 9.58 Å². The Balaban J connectivity index is 1.80. The quantitative estimate of drug-likeness (QED) is 0.678. The fourth-order valence-corrected chi connectivity index (χ4v) is 2.33. The third-order valence-electron chi connectivity index (χ3n) is 3.31. The van der Waals surface area contributed by atoms with Crippen LogP contribution >= 0.6 is 0 Å². The number of aromatic nitrogens is 2. The Morgan fingerprint density at radius 1 is 1.19 bits per heavy atom. The van der Waals surface area contributed by atoms with Crippen molar-refractivity contribution in [1.82, 2.24) is 14.7 Å². The van der Waals surface area contributed by atoms with Crippen LogP contribution in [0, 0.1) is 0 Å². The smallest absolute Gasteiger partial charge is 0.151 e. The van der Waals surface area contributed by atoms with Crippen LogP contribution in [0.15, 0.2) is 6.07 Å². The molecule has 0 radical (unpaired) electrons. The van der Waals surface area contributed by atoms with Crippen molar-refractivity contribution in [2.45, 2.75) is 13.1 Å². The number of morpholine rings is 1. The molecule has 1 saturated heterocycles. The number of fused-ring (bicyclic) bond motifs is 1. The molecule has 0 N–H and O–H groups in total. The summed E-state index contributed by atoms with van der Waals surface area (Å²) in [4.78, 5) is 4.65. The van der Waals surface area contributed by atoms with E-state index in [1.165, 1.54) is 5.69 Å². The summed E-state index contributed by atoms with van der Waals surface area (Å²) in [6.07, 6.45) is 0. The third kappa shape index (κ3) is 1.81. The number of rotatable bonds is 1. The molecule has 0 unspecified atom stereocenters. The first-order valence-electron chi connectivity index (χ1n) is 5.91. The van der Waals surface area contributed by atoms with Crippen molar-refractivity contribution in [3.63, 3.8) is 0 Å². The molecule has 5 heteroatoms. The molecule has 0 bridgehead atoms. The summed E-state index contributed by atoms with van der Waals surface area (Å²) in [6, 6.07) is 2.22. The van der Waals surface area contributed by atoms with E-state index in [4.69, 9.17) is 4.74 Å². The monoisotopic (exact) mass is 222 g/mol. The van der Waals surface area contributed by atoms with Crippen LogP contribution in [0.5, 0.6) is 0 Å². The van der Waals surface area contributed by atoms with E-state index >= 15 is 0 Å². The van der Waals surface area contributed by atoms with E-state index < -0.39 is 0 Å². The van der Waals surface area contributed by atoms with Crippen molar-refractivity contribution >= 4 is 5.82 Å². The minimum absolute atomic E-state index is 0.822. The summed E-state index contributed by atoms with van der Waals surface area (Å²) in [5, 5.41) is 4.67. The lowest BCUT2D eigenvalue weighted by atomic mass is 10.3. The Kier molecular flexibility index (Phi) is 2.57.